The Balaban J connectivity index is 2.35. The van der Waals surface area contributed by atoms with Gasteiger partial charge in [0.25, 0.3) is 0 Å². The van der Waals surface area contributed by atoms with Gasteiger partial charge in [0.15, 0.2) is 0 Å². The molecule has 0 radical (unpaired) electrons. The summed E-state index contributed by atoms with van der Waals surface area (Å²) in [7, 11) is 3.19. The van der Waals surface area contributed by atoms with E-state index < -0.39 is 0 Å². The third kappa shape index (κ3) is 2.75. The zero-order valence-electron chi connectivity index (χ0n) is 8.43. The van der Waals surface area contributed by atoms with Gasteiger partial charge in [-0.1, -0.05) is 45.0 Å². The molecule has 2 nitrogen and oxygen atoms in total. The van der Waals surface area contributed by atoms with Crippen LogP contribution in [-0.4, -0.2) is 5.97 Å². The zero-order valence-corrected chi connectivity index (χ0v) is 10.9. The van der Waals surface area contributed by atoms with Crippen LogP contribution in [0.1, 0.15) is 6.92 Å². The normalized spacial score (nSPS) is 10.1. The molecule has 0 N–H and O–H groups in total. The topological polar surface area (TPSA) is 26.3 Å². The van der Waals surface area contributed by atoms with Crippen LogP contribution in [-0.2, 0) is 4.79 Å². The smallest absolute Gasteiger partial charge is 0.308 e. The fraction of sp³-hybridized carbons (Fsp3) is 0.0909. The fourth-order valence-corrected chi connectivity index (χ4v) is 3.64. The predicted octanol–water partition coefficient (Wildman–Crippen LogP) is 4.13. The van der Waals surface area contributed by atoms with Crippen molar-refractivity contribution in [3.8, 4) is 16.2 Å². The van der Waals surface area contributed by atoms with Gasteiger partial charge in [0.1, 0.15) is 9.57 Å². The molecule has 0 spiro atoms. The summed E-state index contributed by atoms with van der Waals surface area (Å²) in [4.78, 5) is 11.9. The van der Waals surface area contributed by atoms with E-state index in [9.17, 15) is 4.79 Å². The van der Waals surface area contributed by atoms with Crippen molar-refractivity contribution >= 4 is 38.9 Å². The second-order valence-electron chi connectivity index (χ2n) is 3.12. The van der Waals surface area contributed by atoms with Gasteiger partial charge in [0.05, 0.1) is 0 Å². The minimum Gasteiger partial charge on any atom is -0.427 e. The lowest BCUT2D eigenvalue weighted by Crippen LogP contribution is -2.00. The number of ether oxygens (including phenoxy) is 1. The molecule has 0 aliphatic carbocycles. The number of carbonyl (C=O) groups is 1. The molecule has 1 heterocycles. The summed E-state index contributed by atoms with van der Waals surface area (Å²) in [6, 6.07) is 9.39. The lowest BCUT2D eigenvalue weighted by atomic mass is 10.2. The van der Waals surface area contributed by atoms with Gasteiger partial charge < -0.3 is 4.74 Å². The van der Waals surface area contributed by atoms with E-state index in [1.807, 2.05) is 24.3 Å². The maximum absolute atomic E-state index is 10.8. The third-order valence-corrected chi connectivity index (χ3v) is 4.75. The molecule has 2 rings (SSSR count). The molecule has 0 saturated heterocycles. The molecule has 16 heavy (non-hydrogen) atoms. The Morgan fingerprint density at radius 2 is 2.12 bits per heavy atom. The van der Waals surface area contributed by atoms with Gasteiger partial charge in [-0.25, -0.2) is 0 Å². The zero-order chi connectivity index (χ0) is 11.5. The van der Waals surface area contributed by atoms with Gasteiger partial charge in [-0.15, -0.1) is 0 Å². The van der Waals surface area contributed by atoms with E-state index in [0.717, 1.165) is 14.3 Å². The largest absolute Gasteiger partial charge is 0.427 e. The van der Waals surface area contributed by atoms with E-state index in [4.69, 9.17) is 17.0 Å². The van der Waals surface area contributed by atoms with Crippen molar-refractivity contribution < 1.29 is 9.53 Å². The first-order chi connectivity index (χ1) is 7.65. The van der Waals surface area contributed by atoms with Gasteiger partial charge in [0, 0.05) is 11.8 Å². The second-order valence-corrected chi connectivity index (χ2v) is 6.03. The summed E-state index contributed by atoms with van der Waals surface area (Å²) < 4.78 is 5.90. The van der Waals surface area contributed by atoms with Crippen molar-refractivity contribution in [2.45, 2.75) is 6.92 Å². The Hall–Kier alpha value is -1.04. The maximum Gasteiger partial charge on any atom is 0.308 e. The van der Waals surface area contributed by atoms with Gasteiger partial charge in [-0.2, -0.15) is 0 Å². The van der Waals surface area contributed by atoms with Crippen LogP contribution in [0.15, 0.2) is 30.3 Å². The molecular weight excluding hydrogens is 260 g/mol. The first kappa shape index (κ1) is 11.4. The second kappa shape index (κ2) is 4.86. The first-order valence-corrected chi connectivity index (χ1v) is 7.10. The van der Waals surface area contributed by atoms with Crippen LogP contribution >= 0.6 is 32.9 Å². The molecule has 0 fully saturated rings. The average molecular weight is 268 g/mol. The van der Waals surface area contributed by atoms with Crippen LogP contribution in [0.5, 0.6) is 5.75 Å². The summed E-state index contributed by atoms with van der Waals surface area (Å²) in [6.45, 7) is 1.39. The van der Waals surface area contributed by atoms with Crippen LogP contribution in [0.3, 0.4) is 0 Å². The van der Waals surface area contributed by atoms with Crippen LogP contribution in [0.25, 0.3) is 10.4 Å². The van der Waals surface area contributed by atoms with E-state index in [1.165, 1.54) is 6.92 Å². The van der Waals surface area contributed by atoms with Crippen molar-refractivity contribution in [3.63, 3.8) is 0 Å². The van der Waals surface area contributed by atoms with Gasteiger partial charge >= 0.3 is 5.97 Å². The summed E-state index contributed by atoms with van der Waals surface area (Å²) in [5.74, 6) is 0.254. The maximum atomic E-state index is 10.8. The highest BCUT2D eigenvalue weighted by atomic mass is 32.9. The first-order valence-electron chi connectivity index (χ1n) is 4.54. The van der Waals surface area contributed by atoms with Crippen molar-refractivity contribution in [1.82, 2.24) is 0 Å². The molecule has 0 atom stereocenters. The SMILES string of the molecule is CC(=O)Oc1cccc(-c2cc(=S)ss2)c1. The quantitative estimate of drug-likeness (QED) is 0.354. The van der Waals surface area contributed by atoms with E-state index in [-0.39, 0.29) is 5.97 Å². The fourth-order valence-electron chi connectivity index (χ4n) is 1.25. The van der Waals surface area contributed by atoms with Crippen LogP contribution in [0, 0.1) is 3.82 Å². The molecule has 0 unspecified atom stereocenters. The molecule has 1 aromatic carbocycles. The number of rotatable bonds is 2. The molecule has 0 bridgehead atoms. The van der Waals surface area contributed by atoms with Crippen molar-refractivity contribution in [2.75, 3.05) is 0 Å². The highest BCUT2D eigenvalue weighted by molar-refractivity contribution is 7.80. The van der Waals surface area contributed by atoms with Gasteiger partial charge in [-0.3, -0.25) is 4.79 Å². The minimum atomic E-state index is -0.310. The van der Waals surface area contributed by atoms with Crippen molar-refractivity contribution in [2.24, 2.45) is 0 Å². The summed E-state index contributed by atoms with van der Waals surface area (Å²) in [6.07, 6.45) is 0. The molecule has 5 heteroatoms. The van der Waals surface area contributed by atoms with E-state index >= 15 is 0 Å². The number of carbonyl (C=O) groups excluding carboxylic acids is 1. The third-order valence-electron chi connectivity index (χ3n) is 1.84. The molecule has 0 saturated carbocycles. The molecule has 0 aliphatic heterocycles. The molecule has 2 aromatic rings. The van der Waals surface area contributed by atoms with Crippen molar-refractivity contribution in [1.29, 1.82) is 0 Å². The predicted molar refractivity (Wildman–Crippen MR) is 69.8 cm³/mol. The average Bonchev–Trinajstić information content (AvgIpc) is 2.64. The lowest BCUT2D eigenvalue weighted by Gasteiger charge is -2.02. The number of benzene rings is 1. The molecular formula is C11H8O2S3. The molecule has 82 valence electrons. The number of hydrogen-bond acceptors (Lipinski definition) is 5. The van der Waals surface area contributed by atoms with Crippen LogP contribution in [0.2, 0.25) is 0 Å². The Morgan fingerprint density at radius 1 is 1.31 bits per heavy atom. The summed E-state index contributed by atoms with van der Waals surface area (Å²) in [5.41, 5.74) is 1.02. The number of hydrogen-bond donors (Lipinski definition) is 0. The standard InChI is InChI=1S/C11H8O2S3/c1-7(12)13-9-4-2-3-8(5-9)10-6-11(14)16-15-10/h2-6H,1H3. The lowest BCUT2D eigenvalue weighted by molar-refractivity contribution is -0.131. The monoisotopic (exact) mass is 268 g/mol. The van der Waals surface area contributed by atoms with Crippen molar-refractivity contribution in [3.05, 3.63) is 34.2 Å². The Kier molecular flexibility index (Phi) is 3.48. The minimum absolute atomic E-state index is 0.310. The molecule has 0 amide bonds. The Labute approximate surface area is 106 Å². The molecule has 1 aromatic heterocycles. The van der Waals surface area contributed by atoms with Gasteiger partial charge in [0.2, 0.25) is 0 Å². The number of esters is 1. The Morgan fingerprint density at radius 3 is 2.75 bits per heavy atom. The van der Waals surface area contributed by atoms with E-state index in [2.05, 4.69) is 0 Å². The molecule has 0 aliphatic rings. The van der Waals surface area contributed by atoms with Crippen LogP contribution < -0.4 is 4.74 Å². The Bertz CT molecular complexity index is 568. The van der Waals surface area contributed by atoms with E-state index in [0.29, 0.717) is 5.75 Å². The van der Waals surface area contributed by atoms with Crippen LogP contribution in [0.4, 0.5) is 0 Å². The highest BCUT2D eigenvalue weighted by Gasteiger charge is 2.03. The highest BCUT2D eigenvalue weighted by Crippen LogP contribution is 2.31. The van der Waals surface area contributed by atoms with Gasteiger partial charge in [-0.05, 0) is 23.8 Å². The summed E-state index contributed by atoms with van der Waals surface area (Å²) >= 11 is 5.08. The summed E-state index contributed by atoms with van der Waals surface area (Å²) in [5, 5.41) is 0. The van der Waals surface area contributed by atoms with E-state index in [1.54, 1.807) is 26.7 Å².